The third kappa shape index (κ3) is 3.82. The average molecular weight is 342 g/mol. The van der Waals surface area contributed by atoms with Crippen molar-refractivity contribution in [1.29, 1.82) is 0 Å². The average Bonchev–Trinajstić information content (AvgIpc) is 3.40. The van der Waals surface area contributed by atoms with E-state index in [-0.39, 0.29) is 5.91 Å². The van der Waals surface area contributed by atoms with Gasteiger partial charge in [-0.25, -0.2) is 0 Å². The van der Waals surface area contributed by atoms with Crippen molar-refractivity contribution in [2.24, 2.45) is 5.92 Å². The van der Waals surface area contributed by atoms with Gasteiger partial charge in [0.15, 0.2) is 0 Å². The largest absolute Gasteiger partial charge is 0.497 e. The number of rotatable bonds is 6. The number of nitrogens with zero attached hydrogens (tertiary/aromatic N) is 1. The van der Waals surface area contributed by atoms with Gasteiger partial charge in [-0.05, 0) is 50.3 Å². The van der Waals surface area contributed by atoms with Crippen LogP contribution in [0.4, 0.5) is 0 Å². The summed E-state index contributed by atoms with van der Waals surface area (Å²) in [5.41, 5.74) is 1.72. The number of piperidine rings is 1. The molecule has 1 aromatic carbocycles. The van der Waals surface area contributed by atoms with E-state index in [0.29, 0.717) is 12.5 Å². The van der Waals surface area contributed by atoms with Crippen molar-refractivity contribution >= 4 is 16.9 Å². The van der Waals surface area contributed by atoms with Gasteiger partial charge in [-0.1, -0.05) is 0 Å². The maximum atomic E-state index is 12.7. The first-order valence-electron chi connectivity index (χ1n) is 9.28. The number of hydrogen-bond acceptors (Lipinski definition) is 4. The lowest BCUT2D eigenvalue weighted by Crippen LogP contribution is -2.45. The number of benzene rings is 1. The lowest BCUT2D eigenvalue weighted by molar-refractivity contribution is -0.131. The molecule has 4 rings (SSSR count). The predicted molar refractivity (Wildman–Crippen MR) is 96.8 cm³/mol. The van der Waals surface area contributed by atoms with Crippen LogP contribution >= 0.6 is 0 Å². The molecule has 0 atom stereocenters. The predicted octanol–water partition coefficient (Wildman–Crippen LogP) is 2.97. The Morgan fingerprint density at radius 2 is 2.08 bits per heavy atom. The van der Waals surface area contributed by atoms with Crippen molar-refractivity contribution in [3.63, 3.8) is 0 Å². The van der Waals surface area contributed by atoms with Gasteiger partial charge < -0.3 is 19.4 Å². The zero-order chi connectivity index (χ0) is 17.2. The van der Waals surface area contributed by atoms with Gasteiger partial charge in [-0.2, -0.15) is 0 Å². The van der Waals surface area contributed by atoms with E-state index in [2.05, 4.69) is 5.32 Å². The van der Waals surface area contributed by atoms with E-state index in [1.807, 2.05) is 23.1 Å². The molecule has 2 fully saturated rings. The van der Waals surface area contributed by atoms with E-state index in [1.54, 1.807) is 13.4 Å². The molecule has 0 spiro atoms. The molecule has 5 heteroatoms. The Balaban J connectivity index is 1.33. The number of carbonyl (C=O) groups is 1. The van der Waals surface area contributed by atoms with Crippen molar-refractivity contribution in [1.82, 2.24) is 10.2 Å². The Kier molecular flexibility index (Phi) is 4.66. The van der Waals surface area contributed by atoms with E-state index in [0.717, 1.165) is 60.7 Å². The van der Waals surface area contributed by atoms with Crippen LogP contribution in [0, 0.1) is 5.92 Å². The van der Waals surface area contributed by atoms with Gasteiger partial charge in [-0.3, -0.25) is 4.79 Å². The summed E-state index contributed by atoms with van der Waals surface area (Å²) in [6, 6.07) is 6.31. The zero-order valence-electron chi connectivity index (χ0n) is 14.8. The highest BCUT2D eigenvalue weighted by Gasteiger charge is 2.26. The summed E-state index contributed by atoms with van der Waals surface area (Å²) >= 11 is 0. The molecule has 0 unspecified atom stereocenters. The SMILES string of the molecule is COc1ccc2c(CC(=O)N3CCC(NCC4CC4)CC3)coc2c1. The van der Waals surface area contributed by atoms with Gasteiger partial charge in [0.1, 0.15) is 11.3 Å². The minimum atomic E-state index is 0.194. The summed E-state index contributed by atoms with van der Waals surface area (Å²) in [6.45, 7) is 2.86. The number of ether oxygens (including phenoxy) is 1. The molecular formula is C20H26N2O3. The molecule has 0 radical (unpaired) electrons. The Hall–Kier alpha value is -2.01. The van der Waals surface area contributed by atoms with E-state index in [9.17, 15) is 4.79 Å². The summed E-state index contributed by atoms with van der Waals surface area (Å²) < 4.78 is 10.8. The number of methoxy groups -OCH3 is 1. The first kappa shape index (κ1) is 16.5. The molecule has 0 bridgehead atoms. The van der Waals surface area contributed by atoms with Crippen LogP contribution in [0.3, 0.4) is 0 Å². The molecule has 1 saturated heterocycles. The second-order valence-corrected chi connectivity index (χ2v) is 7.31. The molecule has 1 amide bonds. The van der Waals surface area contributed by atoms with Crippen LogP contribution < -0.4 is 10.1 Å². The standard InChI is InChI=1S/C20H26N2O3/c1-24-17-4-5-18-15(13-25-19(18)11-17)10-20(23)22-8-6-16(7-9-22)21-12-14-2-3-14/h4-5,11,13-14,16,21H,2-3,6-10,12H2,1H3. The van der Waals surface area contributed by atoms with Gasteiger partial charge >= 0.3 is 0 Å². The summed E-state index contributed by atoms with van der Waals surface area (Å²) in [7, 11) is 1.64. The molecule has 1 aliphatic heterocycles. The van der Waals surface area contributed by atoms with Crippen molar-refractivity contribution in [2.45, 2.75) is 38.1 Å². The van der Waals surface area contributed by atoms with Gasteiger partial charge in [-0.15, -0.1) is 0 Å². The van der Waals surface area contributed by atoms with Crippen LogP contribution in [0.2, 0.25) is 0 Å². The molecule has 134 valence electrons. The maximum absolute atomic E-state index is 12.7. The Morgan fingerprint density at radius 1 is 1.28 bits per heavy atom. The monoisotopic (exact) mass is 342 g/mol. The zero-order valence-corrected chi connectivity index (χ0v) is 14.8. The normalized spacial score (nSPS) is 18.7. The second kappa shape index (κ2) is 7.08. The summed E-state index contributed by atoms with van der Waals surface area (Å²) in [4.78, 5) is 14.7. The van der Waals surface area contributed by atoms with Gasteiger partial charge in [0.25, 0.3) is 0 Å². The molecule has 2 heterocycles. The molecule has 2 aromatic rings. The van der Waals surface area contributed by atoms with E-state index < -0.39 is 0 Å². The van der Waals surface area contributed by atoms with Crippen molar-refractivity contribution < 1.29 is 13.9 Å². The molecule has 2 aliphatic rings. The van der Waals surface area contributed by atoms with Crippen LogP contribution in [0.15, 0.2) is 28.9 Å². The second-order valence-electron chi connectivity index (χ2n) is 7.31. The van der Waals surface area contributed by atoms with Crippen LogP contribution in [0.5, 0.6) is 5.75 Å². The molecular weight excluding hydrogens is 316 g/mol. The van der Waals surface area contributed by atoms with Crippen molar-refractivity contribution in [3.05, 3.63) is 30.0 Å². The summed E-state index contributed by atoms with van der Waals surface area (Å²) in [6.07, 6.45) is 6.98. The van der Waals surface area contributed by atoms with Crippen molar-refractivity contribution in [2.75, 3.05) is 26.7 Å². The number of likely N-dealkylation sites (tertiary alicyclic amines) is 1. The lowest BCUT2D eigenvalue weighted by atomic mass is 10.0. The van der Waals surface area contributed by atoms with Gasteiger partial charge in [0, 0.05) is 36.1 Å². The summed E-state index contributed by atoms with van der Waals surface area (Å²) in [5, 5.41) is 4.65. The molecule has 1 aromatic heterocycles. The van der Waals surface area contributed by atoms with Crippen LogP contribution in [0.25, 0.3) is 11.0 Å². The van der Waals surface area contributed by atoms with E-state index in [4.69, 9.17) is 9.15 Å². The lowest BCUT2D eigenvalue weighted by Gasteiger charge is -2.32. The number of hydrogen-bond donors (Lipinski definition) is 1. The number of amides is 1. The summed E-state index contributed by atoms with van der Waals surface area (Å²) in [5.74, 6) is 1.87. The quantitative estimate of drug-likeness (QED) is 0.877. The highest BCUT2D eigenvalue weighted by molar-refractivity contribution is 5.88. The number of nitrogens with one attached hydrogen (secondary N) is 1. The molecule has 1 saturated carbocycles. The molecule has 5 nitrogen and oxygen atoms in total. The highest BCUT2D eigenvalue weighted by atomic mass is 16.5. The van der Waals surface area contributed by atoms with E-state index >= 15 is 0 Å². The minimum Gasteiger partial charge on any atom is -0.497 e. The fourth-order valence-electron chi connectivity index (χ4n) is 3.59. The number of fused-ring (bicyclic) bond motifs is 1. The van der Waals surface area contributed by atoms with Crippen LogP contribution in [-0.4, -0.2) is 43.6 Å². The topological polar surface area (TPSA) is 54.7 Å². The molecule has 25 heavy (non-hydrogen) atoms. The third-order valence-electron chi connectivity index (χ3n) is 5.44. The fourth-order valence-corrected chi connectivity index (χ4v) is 3.59. The maximum Gasteiger partial charge on any atom is 0.227 e. The molecule has 1 aliphatic carbocycles. The Labute approximate surface area is 148 Å². The van der Waals surface area contributed by atoms with Crippen LogP contribution in [-0.2, 0) is 11.2 Å². The fraction of sp³-hybridized carbons (Fsp3) is 0.550. The van der Waals surface area contributed by atoms with Crippen molar-refractivity contribution in [3.8, 4) is 5.75 Å². The van der Waals surface area contributed by atoms with E-state index in [1.165, 1.54) is 12.8 Å². The van der Waals surface area contributed by atoms with Gasteiger partial charge in [0.05, 0.1) is 19.8 Å². The first-order valence-corrected chi connectivity index (χ1v) is 9.28. The van der Waals surface area contributed by atoms with Gasteiger partial charge in [0.2, 0.25) is 5.91 Å². The Bertz CT molecular complexity index is 742. The number of furan rings is 1. The third-order valence-corrected chi connectivity index (χ3v) is 5.44. The number of carbonyl (C=O) groups excluding carboxylic acids is 1. The first-order chi connectivity index (χ1) is 12.2. The Morgan fingerprint density at radius 3 is 2.80 bits per heavy atom. The van der Waals surface area contributed by atoms with Crippen LogP contribution in [0.1, 0.15) is 31.2 Å². The minimum absolute atomic E-state index is 0.194. The highest BCUT2D eigenvalue weighted by Crippen LogP contribution is 2.28. The molecule has 1 N–H and O–H groups in total. The smallest absolute Gasteiger partial charge is 0.227 e.